The Morgan fingerprint density at radius 2 is 1.83 bits per heavy atom. The Labute approximate surface area is 174 Å². The summed E-state index contributed by atoms with van der Waals surface area (Å²) in [6, 6.07) is 14.3. The van der Waals surface area contributed by atoms with Crippen LogP contribution in [0.4, 0.5) is 5.69 Å². The minimum atomic E-state index is -0.939. The van der Waals surface area contributed by atoms with Crippen molar-refractivity contribution < 1.29 is 19.1 Å². The highest BCUT2D eigenvalue weighted by Gasteiger charge is 2.20. The number of hydrogen-bond acceptors (Lipinski definition) is 5. The summed E-state index contributed by atoms with van der Waals surface area (Å²) in [6.07, 6.45) is 0.602. The summed E-state index contributed by atoms with van der Waals surface area (Å²) in [5, 5.41) is 5.40. The largest absolute Gasteiger partial charge is 0.449 e. The van der Waals surface area contributed by atoms with E-state index in [0.717, 1.165) is 5.56 Å². The summed E-state index contributed by atoms with van der Waals surface area (Å²) in [5.74, 6) is -1.07. The summed E-state index contributed by atoms with van der Waals surface area (Å²) in [7, 11) is 0. The number of esters is 1. The Bertz CT molecular complexity index is 881. The van der Waals surface area contributed by atoms with Crippen molar-refractivity contribution in [1.29, 1.82) is 0 Å². The molecule has 2 rings (SSSR count). The van der Waals surface area contributed by atoms with Crippen LogP contribution >= 0.6 is 11.8 Å². The predicted octanol–water partition coefficient (Wildman–Crippen LogP) is 3.57. The normalized spacial score (nSPS) is 11.2. The van der Waals surface area contributed by atoms with Gasteiger partial charge in [0.2, 0.25) is 5.91 Å². The van der Waals surface area contributed by atoms with E-state index in [0.29, 0.717) is 22.7 Å². The maximum absolute atomic E-state index is 12.5. The zero-order chi connectivity index (χ0) is 21.2. The lowest BCUT2D eigenvalue weighted by molar-refractivity contribution is -0.128. The maximum atomic E-state index is 12.5. The molecule has 0 fully saturated rings. The number of thioether (sulfide) groups is 1. The molecule has 0 saturated heterocycles. The van der Waals surface area contributed by atoms with Crippen LogP contribution in [0.25, 0.3) is 0 Å². The van der Waals surface area contributed by atoms with E-state index in [1.165, 1.54) is 18.7 Å². The Kier molecular flexibility index (Phi) is 8.48. The highest BCUT2D eigenvalue weighted by atomic mass is 32.2. The first kappa shape index (κ1) is 22.2. The molecule has 152 valence electrons. The molecule has 0 bridgehead atoms. The van der Waals surface area contributed by atoms with Gasteiger partial charge in [-0.25, -0.2) is 4.79 Å². The van der Waals surface area contributed by atoms with Gasteiger partial charge in [0.1, 0.15) is 0 Å². The topological polar surface area (TPSA) is 84.5 Å². The molecule has 29 heavy (non-hydrogen) atoms. The lowest BCUT2D eigenvalue weighted by Gasteiger charge is -2.14. The van der Waals surface area contributed by atoms with Gasteiger partial charge in [0, 0.05) is 17.1 Å². The Morgan fingerprint density at radius 1 is 1.14 bits per heavy atom. The Hall–Kier alpha value is -3.06. The number of ether oxygens (including phenoxy) is 1. The van der Waals surface area contributed by atoms with Crippen molar-refractivity contribution >= 4 is 35.2 Å². The van der Waals surface area contributed by atoms with Crippen LogP contribution in [0, 0.1) is 6.92 Å². The molecule has 0 aromatic heterocycles. The Balaban J connectivity index is 1.96. The van der Waals surface area contributed by atoms with Gasteiger partial charge in [-0.15, -0.1) is 18.3 Å². The molecule has 0 aliphatic rings. The van der Waals surface area contributed by atoms with E-state index >= 15 is 0 Å². The molecule has 0 saturated carbocycles. The van der Waals surface area contributed by atoms with Gasteiger partial charge >= 0.3 is 5.97 Å². The molecule has 6 nitrogen and oxygen atoms in total. The van der Waals surface area contributed by atoms with E-state index in [9.17, 15) is 14.4 Å². The number of aryl methyl sites for hydroxylation is 1. The summed E-state index contributed by atoms with van der Waals surface area (Å²) in [5.41, 5.74) is 2.13. The van der Waals surface area contributed by atoms with Crippen molar-refractivity contribution in [3.63, 3.8) is 0 Å². The van der Waals surface area contributed by atoms with E-state index in [4.69, 9.17) is 4.74 Å². The number of carbonyl (C=O) groups excluding carboxylic acids is 3. The first-order chi connectivity index (χ1) is 13.9. The molecular weight excluding hydrogens is 388 g/mol. The zero-order valence-corrected chi connectivity index (χ0v) is 17.3. The number of hydrogen-bond donors (Lipinski definition) is 2. The van der Waals surface area contributed by atoms with Crippen molar-refractivity contribution in [2.24, 2.45) is 0 Å². The van der Waals surface area contributed by atoms with Gasteiger partial charge in [-0.05, 0) is 38.1 Å². The molecule has 1 atom stereocenters. The standard InChI is InChI=1S/C22H24N2O4S/c1-4-13-23-21(26)16(3)28-22(27)18-7-5-6-8-19(18)29-14-20(25)24-17-11-9-15(2)10-12-17/h4-12,16H,1,13-14H2,2-3H3,(H,23,26)(H,24,25)/t16-/m0/s1. The highest BCUT2D eigenvalue weighted by molar-refractivity contribution is 8.00. The van der Waals surface area contributed by atoms with E-state index in [2.05, 4.69) is 17.2 Å². The summed E-state index contributed by atoms with van der Waals surface area (Å²) < 4.78 is 5.25. The predicted molar refractivity (Wildman–Crippen MR) is 115 cm³/mol. The molecule has 0 aliphatic carbocycles. The Morgan fingerprint density at radius 3 is 2.52 bits per heavy atom. The third-order valence-corrected chi connectivity index (χ3v) is 4.95. The zero-order valence-electron chi connectivity index (χ0n) is 16.4. The van der Waals surface area contributed by atoms with Crippen molar-refractivity contribution in [3.05, 3.63) is 72.3 Å². The lowest BCUT2D eigenvalue weighted by Crippen LogP contribution is -2.35. The molecule has 0 aliphatic heterocycles. The fraction of sp³-hybridized carbons (Fsp3) is 0.227. The van der Waals surface area contributed by atoms with Gasteiger partial charge in [0.15, 0.2) is 6.10 Å². The van der Waals surface area contributed by atoms with Crippen LogP contribution in [-0.4, -0.2) is 36.2 Å². The fourth-order valence-electron chi connectivity index (χ4n) is 2.33. The lowest BCUT2D eigenvalue weighted by atomic mass is 10.2. The molecule has 0 heterocycles. The SMILES string of the molecule is C=CCNC(=O)[C@H](C)OC(=O)c1ccccc1SCC(=O)Nc1ccc(C)cc1. The minimum Gasteiger partial charge on any atom is -0.449 e. The van der Waals surface area contributed by atoms with E-state index in [1.54, 1.807) is 30.3 Å². The number of anilines is 1. The second-order valence-corrected chi connectivity index (χ2v) is 7.30. The van der Waals surface area contributed by atoms with Gasteiger partial charge in [-0.2, -0.15) is 0 Å². The van der Waals surface area contributed by atoms with Crippen LogP contribution in [-0.2, 0) is 14.3 Å². The van der Waals surface area contributed by atoms with Crippen LogP contribution in [0.15, 0.2) is 66.1 Å². The van der Waals surface area contributed by atoms with Gasteiger partial charge in [-0.1, -0.05) is 35.9 Å². The quantitative estimate of drug-likeness (QED) is 0.374. The molecule has 2 N–H and O–H groups in total. The van der Waals surface area contributed by atoms with Crippen LogP contribution in [0.5, 0.6) is 0 Å². The second-order valence-electron chi connectivity index (χ2n) is 6.28. The monoisotopic (exact) mass is 412 g/mol. The van der Waals surface area contributed by atoms with Crippen molar-refractivity contribution in [2.45, 2.75) is 24.8 Å². The number of rotatable bonds is 9. The van der Waals surface area contributed by atoms with Crippen LogP contribution < -0.4 is 10.6 Å². The molecule has 2 aromatic rings. The second kappa shape index (κ2) is 11.1. The van der Waals surface area contributed by atoms with Crippen molar-refractivity contribution in [2.75, 3.05) is 17.6 Å². The summed E-state index contributed by atoms with van der Waals surface area (Å²) >= 11 is 1.23. The molecule has 2 aromatic carbocycles. The first-order valence-corrected chi connectivity index (χ1v) is 10.1. The third kappa shape index (κ3) is 7.12. The molecule has 0 unspecified atom stereocenters. The molecule has 0 radical (unpaired) electrons. The average Bonchev–Trinajstić information content (AvgIpc) is 2.72. The van der Waals surface area contributed by atoms with Crippen LogP contribution in [0.1, 0.15) is 22.8 Å². The third-order valence-electron chi connectivity index (χ3n) is 3.87. The van der Waals surface area contributed by atoms with E-state index in [1.807, 2.05) is 31.2 Å². The number of amides is 2. The number of benzene rings is 2. The molecule has 2 amide bonds. The summed E-state index contributed by atoms with van der Waals surface area (Å²) in [6.45, 7) is 7.29. The van der Waals surface area contributed by atoms with Gasteiger partial charge in [-0.3, -0.25) is 9.59 Å². The van der Waals surface area contributed by atoms with Crippen LogP contribution in [0.3, 0.4) is 0 Å². The minimum absolute atomic E-state index is 0.132. The smallest absolute Gasteiger partial charge is 0.340 e. The number of nitrogens with one attached hydrogen (secondary N) is 2. The first-order valence-electron chi connectivity index (χ1n) is 9.08. The van der Waals surface area contributed by atoms with Gasteiger partial charge < -0.3 is 15.4 Å². The van der Waals surface area contributed by atoms with E-state index < -0.39 is 18.0 Å². The summed E-state index contributed by atoms with van der Waals surface area (Å²) in [4.78, 5) is 37.2. The highest BCUT2D eigenvalue weighted by Crippen LogP contribution is 2.24. The van der Waals surface area contributed by atoms with Gasteiger partial charge in [0.25, 0.3) is 5.91 Å². The average molecular weight is 413 g/mol. The van der Waals surface area contributed by atoms with Gasteiger partial charge in [0.05, 0.1) is 11.3 Å². The maximum Gasteiger partial charge on any atom is 0.340 e. The molecule has 0 spiro atoms. The molecule has 7 heteroatoms. The molecular formula is C22H24N2O4S. The van der Waals surface area contributed by atoms with Crippen molar-refractivity contribution in [1.82, 2.24) is 5.32 Å². The van der Waals surface area contributed by atoms with Crippen molar-refractivity contribution in [3.8, 4) is 0 Å². The van der Waals surface area contributed by atoms with E-state index in [-0.39, 0.29) is 11.7 Å². The fourth-order valence-corrected chi connectivity index (χ4v) is 3.17. The number of carbonyl (C=O) groups is 3. The van der Waals surface area contributed by atoms with Crippen LogP contribution in [0.2, 0.25) is 0 Å².